The van der Waals surface area contributed by atoms with E-state index >= 15 is 0 Å². The van der Waals surface area contributed by atoms with Crippen LogP contribution < -0.4 is 10.2 Å². The maximum absolute atomic E-state index is 10.4. The van der Waals surface area contributed by atoms with Gasteiger partial charge in [0.25, 0.3) is 0 Å². The Morgan fingerprint density at radius 3 is 1.00 bits per heavy atom. The van der Waals surface area contributed by atoms with Crippen molar-refractivity contribution in [2.75, 3.05) is 0 Å². The van der Waals surface area contributed by atoms with E-state index in [1.165, 1.54) is 13.8 Å². The van der Waals surface area contributed by atoms with E-state index in [9.17, 15) is 29.4 Å². The smallest absolute Gasteiger partial charge is 0.549 e. The van der Waals surface area contributed by atoms with Gasteiger partial charge in [-0.25, -0.2) is 0 Å². The molecule has 0 aliphatic heterocycles. The maximum Gasteiger partial charge on any atom is 2.00 e. The molecule has 0 spiro atoms. The minimum absolute atomic E-state index is 0. The summed E-state index contributed by atoms with van der Waals surface area (Å²) in [5.74, 6) is -5.04. The molecule has 0 aromatic heterocycles. The van der Waals surface area contributed by atoms with E-state index < -0.39 is 23.8 Å². The van der Waals surface area contributed by atoms with Crippen LogP contribution in [0.2, 0.25) is 0 Å². The molecule has 6 nitrogen and oxygen atoms in total. The molecule has 0 bridgehead atoms. The molecular formula is C12H18O6Zr. The molecule has 106 valence electrons. The summed E-state index contributed by atoms with van der Waals surface area (Å²) in [5.41, 5.74) is 0. The molecule has 0 fully saturated rings. The van der Waals surface area contributed by atoms with E-state index in [0.717, 1.165) is 0 Å². The predicted molar refractivity (Wildman–Crippen MR) is 58.9 cm³/mol. The number of carbonyl (C=O) groups is 4. The number of aliphatic carboxylic acids is 2. The second-order valence-corrected chi connectivity index (χ2v) is 3.78. The summed E-state index contributed by atoms with van der Waals surface area (Å²) in [6.45, 7) is 5.79. The van der Waals surface area contributed by atoms with Crippen LogP contribution >= 0.6 is 0 Å². The van der Waals surface area contributed by atoms with Crippen LogP contribution in [0.15, 0.2) is 0 Å². The van der Waals surface area contributed by atoms with Gasteiger partial charge in [0.1, 0.15) is 11.6 Å². The van der Waals surface area contributed by atoms with Gasteiger partial charge in [-0.15, -0.1) is 0 Å². The third-order valence-corrected chi connectivity index (χ3v) is 2.37. The summed E-state index contributed by atoms with van der Waals surface area (Å²) >= 11 is 0. The minimum atomic E-state index is -1.27. The minimum Gasteiger partial charge on any atom is -0.549 e. The molecule has 0 N–H and O–H groups in total. The van der Waals surface area contributed by atoms with Crippen molar-refractivity contribution in [3.63, 3.8) is 0 Å². The molecule has 0 aliphatic rings. The number of carboxylic acid groups (broad SMARTS) is 2. The van der Waals surface area contributed by atoms with Gasteiger partial charge >= 0.3 is 26.2 Å². The molecule has 0 amide bonds. The van der Waals surface area contributed by atoms with Crippen LogP contribution in [-0.4, -0.2) is 23.5 Å². The van der Waals surface area contributed by atoms with Crippen molar-refractivity contribution < 1.29 is 55.6 Å². The quantitative estimate of drug-likeness (QED) is 0.551. The number of carboxylic acids is 2. The molecule has 0 aromatic carbocycles. The third kappa shape index (κ3) is 10.7. The van der Waals surface area contributed by atoms with Crippen LogP contribution in [0.25, 0.3) is 0 Å². The summed E-state index contributed by atoms with van der Waals surface area (Å²) < 4.78 is 0. The van der Waals surface area contributed by atoms with Crippen molar-refractivity contribution in [1.29, 1.82) is 0 Å². The van der Waals surface area contributed by atoms with E-state index in [1.807, 2.05) is 0 Å². The molecule has 2 unspecified atom stereocenters. The zero-order valence-corrected chi connectivity index (χ0v) is 14.0. The average molecular weight is 349 g/mol. The molecule has 0 saturated heterocycles. The summed E-state index contributed by atoms with van der Waals surface area (Å²) in [4.78, 5) is 40.9. The van der Waals surface area contributed by atoms with Gasteiger partial charge in [-0.3, -0.25) is 9.59 Å². The Bertz CT molecular complexity index is 266. The van der Waals surface area contributed by atoms with Gasteiger partial charge in [-0.2, -0.15) is 0 Å². The fourth-order valence-corrected chi connectivity index (χ4v) is 1.24. The monoisotopic (exact) mass is 348 g/mol. The normalized spacial score (nSPS) is 12.0. The van der Waals surface area contributed by atoms with Gasteiger partial charge in [0.05, 0.1) is 23.8 Å². The Hall–Kier alpha value is -0.837. The largest absolute Gasteiger partial charge is 2.00 e. The van der Waals surface area contributed by atoms with Crippen LogP contribution in [0.3, 0.4) is 0 Å². The van der Waals surface area contributed by atoms with Crippen LogP contribution in [0, 0.1) is 11.8 Å². The van der Waals surface area contributed by atoms with Gasteiger partial charge < -0.3 is 19.8 Å². The Morgan fingerprint density at radius 2 is 1.00 bits per heavy atom. The molecular weight excluding hydrogens is 331 g/mol. The fraction of sp³-hybridized carbons (Fsp3) is 0.667. The first-order valence-corrected chi connectivity index (χ1v) is 5.61. The van der Waals surface area contributed by atoms with Gasteiger partial charge in [-0.1, -0.05) is 13.8 Å². The molecule has 7 heteroatoms. The molecule has 2 atom stereocenters. The number of rotatable bonds is 6. The zero-order chi connectivity index (χ0) is 14.9. The average Bonchev–Trinajstić information content (AvgIpc) is 2.17. The molecule has 0 saturated carbocycles. The van der Waals surface area contributed by atoms with Crippen molar-refractivity contribution in [3.8, 4) is 0 Å². The van der Waals surface area contributed by atoms with Crippen LogP contribution in [0.1, 0.15) is 40.5 Å². The van der Waals surface area contributed by atoms with Gasteiger partial charge in [0.2, 0.25) is 0 Å². The van der Waals surface area contributed by atoms with E-state index in [-0.39, 0.29) is 37.8 Å². The van der Waals surface area contributed by atoms with Gasteiger partial charge in [-0.05, 0) is 26.7 Å². The van der Waals surface area contributed by atoms with E-state index in [4.69, 9.17) is 0 Å². The number of carbonyl (C=O) groups excluding carboxylic acids is 4. The Balaban J connectivity index is -0.000000256. The van der Waals surface area contributed by atoms with Gasteiger partial charge in [0.15, 0.2) is 0 Å². The maximum atomic E-state index is 10.4. The predicted octanol–water partition coefficient (Wildman–Crippen LogP) is -1.30. The molecule has 0 heterocycles. The van der Waals surface area contributed by atoms with E-state index in [2.05, 4.69) is 0 Å². The Kier molecular flexibility index (Phi) is 15.0. The van der Waals surface area contributed by atoms with E-state index in [0.29, 0.717) is 12.8 Å². The number of hydrogen-bond acceptors (Lipinski definition) is 6. The first-order valence-electron chi connectivity index (χ1n) is 5.61. The SMILES string of the molecule is CCC(C(C)=O)C(=O)[O-].CCC(C(C)=O)C(=O)[O-].[Zr+2]. The van der Waals surface area contributed by atoms with Gasteiger partial charge in [0, 0.05) is 0 Å². The Labute approximate surface area is 131 Å². The summed E-state index contributed by atoms with van der Waals surface area (Å²) in [6.07, 6.45) is 0.634. The number of ketones is 2. The molecule has 0 radical (unpaired) electrons. The van der Waals surface area contributed by atoms with Crippen LogP contribution in [-0.2, 0) is 45.4 Å². The molecule has 0 aliphatic carbocycles. The van der Waals surface area contributed by atoms with Crippen LogP contribution in [0.5, 0.6) is 0 Å². The summed E-state index contributed by atoms with van der Waals surface area (Å²) in [7, 11) is 0. The first kappa shape index (κ1) is 23.3. The van der Waals surface area contributed by atoms with Crippen molar-refractivity contribution in [2.45, 2.75) is 40.5 Å². The van der Waals surface area contributed by atoms with Crippen molar-refractivity contribution in [3.05, 3.63) is 0 Å². The first-order chi connectivity index (χ1) is 8.18. The second-order valence-electron chi connectivity index (χ2n) is 3.78. The number of Topliss-reactive ketones (excluding diaryl/α,β-unsaturated/α-hetero) is 2. The third-order valence-electron chi connectivity index (χ3n) is 2.37. The van der Waals surface area contributed by atoms with Crippen LogP contribution in [0.4, 0.5) is 0 Å². The van der Waals surface area contributed by atoms with E-state index in [1.54, 1.807) is 13.8 Å². The molecule has 19 heavy (non-hydrogen) atoms. The standard InChI is InChI=1S/2C6H10O3.Zr/c2*1-3-5(4(2)7)6(8)9;/h2*5H,3H2,1-2H3,(H,8,9);/q;;+2/p-2. The zero-order valence-electron chi connectivity index (χ0n) is 11.5. The summed E-state index contributed by atoms with van der Waals surface area (Å²) in [6, 6.07) is 0. The fourth-order valence-electron chi connectivity index (χ4n) is 1.24. The number of hydrogen-bond donors (Lipinski definition) is 0. The van der Waals surface area contributed by atoms with Crippen molar-refractivity contribution >= 4 is 23.5 Å². The second kappa shape index (κ2) is 12.2. The Morgan fingerprint density at radius 1 is 0.789 bits per heavy atom. The topological polar surface area (TPSA) is 114 Å². The molecule has 0 rings (SSSR count). The van der Waals surface area contributed by atoms with Crippen molar-refractivity contribution in [1.82, 2.24) is 0 Å². The van der Waals surface area contributed by atoms with Crippen molar-refractivity contribution in [2.24, 2.45) is 11.8 Å². The summed E-state index contributed by atoms with van der Waals surface area (Å²) in [5, 5.41) is 20.1. The molecule has 0 aromatic rings.